The lowest BCUT2D eigenvalue weighted by molar-refractivity contribution is 0.155. The Morgan fingerprint density at radius 2 is 2.00 bits per heavy atom. The zero-order valence-electron chi connectivity index (χ0n) is 11.1. The van der Waals surface area contributed by atoms with Gasteiger partial charge in [-0.1, -0.05) is 26.5 Å². The van der Waals surface area contributed by atoms with Crippen LogP contribution in [0.1, 0.15) is 40.0 Å². The van der Waals surface area contributed by atoms with Crippen LogP contribution in [0, 0.1) is 17.3 Å². The first-order valence-corrected chi connectivity index (χ1v) is 6.56. The smallest absolute Gasteiger partial charge is 0.0783 e. The molecule has 0 saturated heterocycles. The summed E-state index contributed by atoms with van der Waals surface area (Å²) >= 11 is 0. The van der Waals surface area contributed by atoms with Gasteiger partial charge >= 0.3 is 0 Å². The molecule has 96 valence electrons. The summed E-state index contributed by atoms with van der Waals surface area (Å²) in [5.74, 6) is 0.865. The van der Waals surface area contributed by atoms with Crippen LogP contribution in [-0.2, 0) is 0 Å². The molecule has 17 heavy (non-hydrogen) atoms. The van der Waals surface area contributed by atoms with E-state index in [1.807, 2.05) is 6.92 Å². The SMILES string of the molecule is C=C1CC[C@H](O)/C(C)=C\CC2C([C@H]1O)C2(C)C. The molecule has 4 atom stereocenters. The summed E-state index contributed by atoms with van der Waals surface area (Å²) in [6.07, 6.45) is 3.73. The third-order valence-electron chi connectivity index (χ3n) is 4.86. The normalized spacial score (nSPS) is 44.5. The molecule has 1 fully saturated rings. The second-order valence-electron chi connectivity index (χ2n) is 6.30. The first-order valence-electron chi connectivity index (χ1n) is 6.56. The van der Waals surface area contributed by atoms with Crippen LogP contribution in [0.2, 0.25) is 0 Å². The van der Waals surface area contributed by atoms with Crippen molar-refractivity contribution < 1.29 is 10.2 Å². The Hall–Kier alpha value is -0.600. The summed E-state index contributed by atoms with van der Waals surface area (Å²) in [7, 11) is 0. The first kappa shape index (κ1) is 12.8. The number of aliphatic hydroxyl groups is 2. The van der Waals surface area contributed by atoms with Crippen LogP contribution in [0.5, 0.6) is 0 Å². The molecule has 2 unspecified atom stereocenters. The van der Waals surface area contributed by atoms with E-state index in [1.165, 1.54) is 0 Å². The predicted octanol–water partition coefficient (Wildman–Crippen LogP) is 2.67. The Kier molecular flexibility index (Phi) is 3.21. The molecular formula is C15H24O2. The molecule has 0 amide bonds. The van der Waals surface area contributed by atoms with Crippen LogP contribution in [0.3, 0.4) is 0 Å². The van der Waals surface area contributed by atoms with Crippen molar-refractivity contribution in [3.05, 3.63) is 23.8 Å². The molecule has 2 heteroatoms. The minimum absolute atomic E-state index is 0.203. The van der Waals surface area contributed by atoms with Crippen LogP contribution in [-0.4, -0.2) is 22.4 Å². The van der Waals surface area contributed by atoms with Crippen molar-refractivity contribution in [3.8, 4) is 0 Å². The highest BCUT2D eigenvalue weighted by molar-refractivity contribution is 5.21. The number of hydrogen-bond donors (Lipinski definition) is 2. The molecule has 0 heterocycles. The fourth-order valence-electron chi connectivity index (χ4n) is 3.26. The monoisotopic (exact) mass is 236 g/mol. The van der Waals surface area contributed by atoms with Gasteiger partial charge in [0.05, 0.1) is 12.2 Å². The molecule has 0 aromatic carbocycles. The molecule has 0 aromatic heterocycles. The fraction of sp³-hybridized carbons (Fsp3) is 0.733. The van der Waals surface area contributed by atoms with Gasteiger partial charge in [-0.25, -0.2) is 0 Å². The Labute approximate surface area is 104 Å². The number of aliphatic hydroxyl groups excluding tert-OH is 2. The molecular weight excluding hydrogens is 212 g/mol. The van der Waals surface area contributed by atoms with Crippen molar-refractivity contribution in [1.82, 2.24) is 0 Å². The minimum Gasteiger partial charge on any atom is -0.389 e. The maximum absolute atomic E-state index is 10.3. The lowest BCUT2D eigenvalue weighted by atomic mass is 9.94. The van der Waals surface area contributed by atoms with E-state index in [0.29, 0.717) is 24.7 Å². The Balaban J connectivity index is 2.21. The highest BCUT2D eigenvalue weighted by Crippen LogP contribution is 2.62. The number of allylic oxidation sites excluding steroid dienone is 1. The fourth-order valence-corrected chi connectivity index (χ4v) is 3.26. The average Bonchev–Trinajstić information content (AvgIpc) is 2.82. The van der Waals surface area contributed by atoms with E-state index in [4.69, 9.17) is 0 Å². The standard InChI is InChI=1S/C15H24O2/c1-9-5-7-11-13(15(11,3)4)14(17)10(2)6-8-12(9)16/h5,11-14,16-17H,2,6-8H2,1,3-4H3/b9-5-/t11?,12-,13?,14-/m0/s1. The van der Waals surface area contributed by atoms with Crippen molar-refractivity contribution in [2.24, 2.45) is 17.3 Å². The third kappa shape index (κ3) is 2.21. The molecule has 0 bridgehead atoms. The van der Waals surface area contributed by atoms with E-state index < -0.39 is 6.10 Å². The quantitative estimate of drug-likeness (QED) is 0.635. The molecule has 0 spiro atoms. The average molecular weight is 236 g/mol. The molecule has 2 N–H and O–H groups in total. The largest absolute Gasteiger partial charge is 0.389 e. The van der Waals surface area contributed by atoms with E-state index in [-0.39, 0.29) is 11.5 Å². The summed E-state index contributed by atoms with van der Waals surface area (Å²) in [5, 5.41) is 20.2. The molecule has 0 aromatic rings. The highest BCUT2D eigenvalue weighted by Gasteiger charge is 2.60. The van der Waals surface area contributed by atoms with Crippen LogP contribution >= 0.6 is 0 Å². The molecule has 0 radical (unpaired) electrons. The van der Waals surface area contributed by atoms with E-state index in [9.17, 15) is 10.2 Å². The molecule has 1 saturated carbocycles. The highest BCUT2D eigenvalue weighted by atomic mass is 16.3. The van der Waals surface area contributed by atoms with E-state index in [1.54, 1.807) is 0 Å². The second kappa shape index (κ2) is 4.25. The Morgan fingerprint density at radius 1 is 1.35 bits per heavy atom. The molecule has 2 rings (SSSR count). The van der Waals surface area contributed by atoms with Crippen molar-refractivity contribution in [2.75, 3.05) is 0 Å². The van der Waals surface area contributed by atoms with Crippen molar-refractivity contribution in [1.29, 1.82) is 0 Å². The second-order valence-corrected chi connectivity index (χ2v) is 6.30. The van der Waals surface area contributed by atoms with Gasteiger partial charge in [-0.3, -0.25) is 0 Å². The van der Waals surface area contributed by atoms with Crippen molar-refractivity contribution >= 4 is 0 Å². The Bertz CT molecular complexity index is 354. The van der Waals surface area contributed by atoms with Crippen molar-refractivity contribution in [2.45, 2.75) is 52.2 Å². The molecule has 0 aliphatic heterocycles. The van der Waals surface area contributed by atoms with Crippen LogP contribution in [0.25, 0.3) is 0 Å². The van der Waals surface area contributed by atoms with Gasteiger partial charge in [0.25, 0.3) is 0 Å². The van der Waals surface area contributed by atoms with E-state index in [2.05, 4.69) is 26.5 Å². The maximum atomic E-state index is 10.3. The van der Waals surface area contributed by atoms with Gasteiger partial charge in [-0.05, 0) is 54.6 Å². The molecule has 2 aliphatic carbocycles. The van der Waals surface area contributed by atoms with Gasteiger partial charge in [0.15, 0.2) is 0 Å². The lowest BCUT2D eigenvalue weighted by Gasteiger charge is -2.18. The summed E-state index contributed by atoms with van der Waals surface area (Å²) in [6.45, 7) is 10.4. The zero-order valence-corrected chi connectivity index (χ0v) is 11.1. The summed E-state index contributed by atoms with van der Waals surface area (Å²) < 4.78 is 0. The summed E-state index contributed by atoms with van der Waals surface area (Å²) in [5.41, 5.74) is 2.16. The van der Waals surface area contributed by atoms with E-state index in [0.717, 1.165) is 17.6 Å². The summed E-state index contributed by atoms with van der Waals surface area (Å²) in [4.78, 5) is 0. The van der Waals surface area contributed by atoms with Crippen LogP contribution in [0.15, 0.2) is 23.8 Å². The Morgan fingerprint density at radius 3 is 2.65 bits per heavy atom. The first-order chi connectivity index (χ1) is 7.85. The predicted molar refractivity (Wildman–Crippen MR) is 69.5 cm³/mol. The number of hydrogen-bond acceptors (Lipinski definition) is 2. The summed E-state index contributed by atoms with van der Waals surface area (Å²) in [6, 6.07) is 0. The number of fused-ring (bicyclic) bond motifs is 1. The van der Waals surface area contributed by atoms with Gasteiger partial charge in [0.2, 0.25) is 0 Å². The van der Waals surface area contributed by atoms with Crippen molar-refractivity contribution in [3.63, 3.8) is 0 Å². The van der Waals surface area contributed by atoms with Gasteiger partial charge < -0.3 is 10.2 Å². The molecule has 2 aliphatic rings. The van der Waals surface area contributed by atoms with Gasteiger partial charge in [-0.15, -0.1) is 0 Å². The lowest BCUT2D eigenvalue weighted by Crippen LogP contribution is -2.18. The maximum Gasteiger partial charge on any atom is 0.0783 e. The topological polar surface area (TPSA) is 40.5 Å². The van der Waals surface area contributed by atoms with Crippen LogP contribution < -0.4 is 0 Å². The molecule has 2 nitrogen and oxygen atoms in total. The van der Waals surface area contributed by atoms with Gasteiger partial charge in [0, 0.05) is 0 Å². The van der Waals surface area contributed by atoms with Crippen LogP contribution in [0.4, 0.5) is 0 Å². The van der Waals surface area contributed by atoms with Gasteiger partial charge in [-0.2, -0.15) is 0 Å². The van der Waals surface area contributed by atoms with Gasteiger partial charge in [0.1, 0.15) is 0 Å². The minimum atomic E-state index is -0.394. The van der Waals surface area contributed by atoms with E-state index >= 15 is 0 Å². The number of rotatable bonds is 0. The third-order valence-corrected chi connectivity index (χ3v) is 4.86. The zero-order chi connectivity index (χ0) is 12.8.